The van der Waals surface area contributed by atoms with E-state index in [-0.39, 0.29) is 18.5 Å². The first-order chi connectivity index (χ1) is 12.5. The van der Waals surface area contributed by atoms with Gasteiger partial charge in [0, 0.05) is 13.0 Å². The number of hydrogen-bond acceptors (Lipinski definition) is 3. The molecule has 1 aliphatic heterocycles. The van der Waals surface area contributed by atoms with Crippen LogP contribution < -0.4 is 0 Å². The van der Waals surface area contributed by atoms with Gasteiger partial charge >= 0.3 is 0 Å². The molecule has 1 atom stereocenters. The van der Waals surface area contributed by atoms with Gasteiger partial charge in [0.15, 0.2) is 4.77 Å². The number of aromatic nitrogens is 3. The molecule has 0 aliphatic carbocycles. The highest BCUT2D eigenvalue weighted by Crippen LogP contribution is 2.33. The summed E-state index contributed by atoms with van der Waals surface area (Å²) >= 11 is 5.34. The van der Waals surface area contributed by atoms with Gasteiger partial charge in [-0.15, -0.1) is 0 Å². The molecule has 2 aromatic rings. The fourth-order valence-electron chi connectivity index (χ4n) is 3.84. The molecule has 26 heavy (non-hydrogen) atoms. The molecule has 6 heteroatoms. The summed E-state index contributed by atoms with van der Waals surface area (Å²) in [5.74, 6) is 0.997. The van der Waals surface area contributed by atoms with Gasteiger partial charge in [0.2, 0.25) is 5.91 Å². The summed E-state index contributed by atoms with van der Waals surface area (Å²) in [6.07, 6.45) is 5.04. The minimum atomic E-state index is 0.130. The number of aromatic amines is 1. The predicted molar refractivity (Wildman–Crippen MR) is 106 cm³/mol. The van der Waals surface area contributed by atoms with E-state index in [2.05, 4.69) is 54.1 Å². The average molecular weight is 373 g/mol. The van der Waals surface area contributed by atoms with E-state index in [9.17, 15) is 4.79 Å². The van der Waals surface area contributed by atoms with E-state index in [4.69, 9.17) is 12.2 Å². The largest absolute Gasteiger partial charge is 0.334 e. The van der Waals surface area contributed by atoms with Gasteiger partial charge in [0.05, 0.1) is 6.04 Å². The number of likely N-dealkylation sites (tertiary alicyclic amines) is 1. The second-order valence-corrected chi connectivity index (χ2v) is 7.56. The monoisotopic (exact) mass is 372 g/mol. The standard InChI is InChI=1S/C20H28N4OS/c1-4-8-18-21-22-20(26)24(18)13-19(25)23-12-6-5-11-17(23)16-10-7-9-14(2)15(16)3/h7,9-10,17H,4-6,8,11-13H2,1-3H3,(H,22,26). The van der Waals surface area contributed by atoms with E-state index < -0.39 is 0 Å². The van der Waals surface area contributed by atoms with E-state index in [1.807, 2.05) is 4.57 Å². The highest BCUT2D eigenvalue weighted by atomic mass is 32.1. The second-order valence-electron chi connectivity index (χ2n) is 7.17. The van der Waals surface area contributed by atoms with Crippen LogP contribution in [-0.4, -0.2) is 32.1 Å². The van der Waals surface area contributed by atoms with Gasteiger partial charge in [-0.3, -0.25) is 14.5 Å². The number of nitrogens with one attached hydrogen (secondary N) is 1. The Labute approximate surface area is 160 Å². The average Bonchev–Trinajstić information content (AvgIpc) is 2.98. The Hall–Kier alpha value is -1.95. The van der Waals surface area contributed by atoms with Gasteiger partial charge in [0.25, 0.3) is 0 Å². The van der Waals surface area contributed by atoms with Crippen LogP contribution in [0, 0.1) is 18.6 Å². The third-order valence-corrected chi connectivity index (χ3v) is 5.74. The molecule has 0 saturated carbocycles. The molecule has 2 heterocycles. The first kappa shape index (κ1) is 18.8. The lowest BCUT2D eigenvalue weighted by Crippen LogP contribution is -2.40. The van der Waals surface area contributed by atoms with Gasteiger partial charge in [0.1, 0.15) is 12.4 Å². The fraction of sp³-hybridized carbons (Fsp3) is 0.550. The molecule has 0 radical (unpaired) electrons. The number of amides is 1. The molecule has 1 unspecified atom stereocenters. The summed E-state index contributed by atoms with van der Waals surface area (Å²) in [5, 5.41) is 7.12. The van der Waals surface area contributed by atoms with Crippen LogP contribution in [0.2, 0.25) is 0 Å². The summed E-state index contributed by atoms with van der Waals surface area (Å²) in [5.41, 5.74) is 3.86. The number of carbonyl (C=O) groups excluding carboxylic acids is 1. The van der Waals surface area contributed by atoms with Crippen LogP contribution in [-0.2, 0) is 17.8 Å². The number of hydrogen-bond donors (Lipinski definition) is 1. The van der Waals surface area contributed by atoms with Crippen molar-refractivity contribution < 1.29 is 4.79 Å². The summed E-state index contributed by atoms with van der Waals surface area (Å²) in [6, 6.07) is 6.56. The maximum absolute atomic E-state index is 13.2. The third kappa shape index (κ3) is 3.75. The van der Waals surface area contributed by atoms with Crippen molar-refractivity contribution in [2.24, 2.45) is 0 Å². The van der Waals surface area contributed by atoms with Crippen LogP contribution >= 0.6 is 12.2 Å². The molecule has 1 aromatic carbocycles. The van der Waals surface area contributed by atoms with Gasteiger partial charge in [-0.05, 0) is 68.4 Å². The van der Waals surface area contributed by atoms with E-state index >= 15 is 0 Å². The van der Waals surface area contributed by atoms with Crippen LogP contribution in [0.3, 0.4) is 0 Å². The second kappa shape index (κ2) is 8.16. The SMILES string of the molecule is CCCc1n[nH]c(=S)n1CC(=O)N1CCCCC1c1cccc(C)c1C. The topological polar surface area (TPSA) is 53.9 Å². The molecule has 1 saturated heterocycles. The van der Waals surface area contributed by atoms with Crippen molar-refractivity contribution in [3.8, 4) is 0 Å². The van der Waals surface area contributed by atoms with Crippen molar-refractivity contribution in [3.63, 3.8) is 0 Å². The zero-order valence-electron chi connectivity index (χ0n) is 15.9. The first-order valence-corrected chi connectivity index (χ1v) is 9.93. The zero-order valence-corrected chi connectivity index (χ0v) is 16.7. The normalized spacial score (nSPS) is 17.5. The molecule has 3 rings (SSSR count). The van der Waals surface area contributed by atoms with Crippen molar-refractivity contribution >= 4 is 18.1 Å². The van der Waals surface area contributed by atoms with E-state index in [1.54, 1.807) is 0 Å². The number of carbonyl (C=O) groups is 1. The van der Waals surface area contributed by atoms with Gasteiger partial charge in [-0.2, -0.15) is 5.10 Å². The van der Waals surface area contributed by atoms with Crippen LogP contribution in [0.25, 0.3) is 0 Å². The van der Waals surface area contributed by atoms with Gasteiger partial charge in [-0.1, -0.05) is 25.1 Å². The maximum Gasteiger partial charge on any atom is 0.243 e. The molecule has 1 fully saturated rings. The summed E-state index contributed by atoms with van der Waals surface area (Å²) in [6.45, 7) is 7.48. The van der Waals surface area contributed by atoms with Crippen LogP contribution in [0.5, 0.6) is 0 Å². The molecule has 1 aromatic heterocycles. The van der Waals surface area contributed by atoms with Crippen LogP contribution in [0.4, 0.5) is 0 Å². The minimum Gasteiger partial charge on any atom is -0.334 e. The maximum atomic E-state index is 13.2. The number of benzene rings is 1. The molecule has 5 nitrogen and oxygen atoms in total. The van der Waals surface area contributed by atoms with Crippen molar-refractivity contribution in [3.05, 3.63) is 45.5 Å². The highest BCUT2D eigenvalue weighted by molar-refractivity contribution is 7.71. The Balaban J connectivity index is 1.86. The van der Waals surface area contributed by atoms with Crippen LogP contribution in [0.1, 0.15) is 61.2 Å². The molecular weight excluding hydrogens is 344 g/mol. The molecule has 0 spiro atoms. The molecule has 1 amide bonds. The van der Waals surface area contributed by atoms with E-state index in [0.29, 0.717) is 4.77 Å². The molecule has 1 aliphatic rings. The van der Waals surface area contributed by atoms with Crippen molar-refractivity contribution in [2.75, 3.05) is 6.54 Å². The van der Waals surface area contributed by atoms with E-state index in [1.165, 1.54) is 16.7 Å². The zero-order chi connectivity index (χ0) is 18.7. The van der Waals surface area contributed by atoms with E-state index in [0.717, 1.165) is 44.5 Å². The Morgan fingerprint density at radius 1 is 1.35 bits per heavy atom. The minimum absolute atomic E-state index is 0.130. The molecular formula is C20H28N4OS. The summed E-state index contributed by atoms with van der Waals surface area (Å²) < 4.78 is 2.39. The molecule has 140 valence electrons. The summed E-state index contributed by atoms with van der Waals surface area (Å²) in [4.78, 5) is 15.2. The molecule has 0 bridgehead atoms. The number of nitrogens with zero attached hydrogens (tertiary/aromatic N) is 3. The van der Waals surface area contributed by atoms with Gasteiger partial charge < -0.3 is 4.90 Å². The Morgan fingerprint density at radius 3 is 2.92 bits per heavy atom. The number of H-pyrrole nitrogens is 1. The predicted octanol–water partition coefficient (Wildman–Crippen LogP) is 4.26. The Bertz CT molecular complexity index is 839. The number of aryl methyl sites for hydroxylation is 2. The molecule has 1 N–H and O–H groups in total. The van der Waals surface area contributed by atoms with Crippen molar-refractivity contribution in [2.45, 2.75) is 65.5 Å². The third-order valence-electron chi connectivity index (χ3n) is 5.43. The Morgan fingerprint density at radius 2 is 2.15 bits per heavy atom. The van der Waals surface area contributed by atoms with Crippen molar-refractivity contribution in [1.29, 1.82) is 0 Å². The summed E-state index contributed by atoms with van der Waals surface area (Å²) in [7, 11) is 0. The quantitative estimate of drug-likeness (QED) is 0.798. The highest BCUT2D eigenvalue weighted by Gasteiger charge is 2.29. The van der Waals surface area contributed by atoms with Crippen LogP contribution in [0.15, 0.2) is 18.2 Å². The van der Waals surface area contributed by atoms with Crippen molar-refractivity contribution in [1.82, 2.24) is 19.7 Å². The van der Waals surface area contributed by atoms with Gasteiger partial charge in [-0.25, -0.2) is 0 Å². The lowest BCUT2D eigenvalue weighted by molar-refractivity contribution is -0.135. The number of piperidine rings is 1. The Kier molecular flexibility index (Phi) is 5.91. The fourth-order valence-corrected chi connectivity index (χ4v) is 4.06. The number of rotatable bonds is 5. The lowest BCUT2D eigenvalue weighted by Gasteiger charge is -2.37. The first-order valence-electron chi connectivity index (χ1n) is 9.52. The lowest BCUT2D eigenvalue weighted by atomic mass is 9.90. The smallest absolute Gasteiger partial charge is 0.243 e.